The highest BCUT2D eigenvalue weighted by Crippen LogP contribution is 2.24. The molecule has 162 valence electrons. The topological polar surface area (TPSA) is 73.7 Å². The molecular formula is C23H31N3O4. The van der Waals surface area contributed by atoms with Crippen molar-refractivity contribution in [2.45, 2.75) is 39.7 Å². The van der Waals surface area contributed by atoms with Gasteiger partial charge in [-0.1, -0.05) is 19.9 Å². The van der Waals surface area contributed by atoms with Crippen LogP contribution in [0.2, 0.25) is 0 Å². The van der Waals surface area contributed by atoms with Gasteiger partial charge in [-0.25, -0.2) is 4.79 Å². The first-order valence-corrected chi connectivity index (χ1v) is 10.6. The SMILES string of the molecule is COC(=O)c1c(OCCCc2cccnc2)cc(=O)n2c1CCN(CC(C)C)CC2. The molecule has 7 nitrogen and oxygen atoms in total. The first kappa shape index (κ1) is 22.0. The molecule has 0 saturated carbocycles. The monoisotopic (exact) mass is 413 g/mol. The fraction of sp³-hybridized carbons (Fsp3) is 0.522. The third kappa shape index (κ3) is 5.48. The Morgan fingerprint density at radius 3 is 2.80 bits per heavy atom. The molecule has 3 heterocycles. The van der Waals surface area contributed by atoms with Crippen LogP contribution in [0.5, 0.6) is 5.75 Å². The Bertz CT molecular complexity index is 909. The van der Waals surface area contributed by atoms with Crippen molar-refractivity contribution in [3.05, 3.63) is 57.8 Å². The standard InChI is InChI=1S/C23H31N3O4/c1-17(2)16-25-10-8-19-22(23(28)29-3)20(14-21(27)26(19)12-11-25)30-13-5-7-18-6-4-9-24-15-18/h4,6,9,14-15,17H,5,7-8,10-13,16H2,1-3H3. The molecule has 0 amide bonds. The minimum Gasteiger partial charge on any atom is -0.492 e. The lowest BCUT2D eigenvalue weighted by Crippen LogP contribution is -2.31. The van der Waals surface area contributed by atoms with Gasteiger partial charge >= 0.3 is 5.97 Å². The first-order chi connectivity index (χ1) is 14.5. The maximum atomic E-state index is 12.8. The van der Waals surface area contributed by atoms with Gasteiger partial charge in [0.05, 0.1) is 13.7 Å². The lowest BCUT2D eigenvalue weighted by molar-refractivity contribution is 0.0593. The quantitative estimate of drug-likeness (QED) is 0.489. The second-order valence-electron chi connectivity index (χ2n) is 8.07. The molecule has 1 aliphatic rings. The van der Waals surface area contributed by atoms with Gasteiger partial charge in [0, 0.05) is 56.8 Å². The molecule has 0 radical (unpaired) electrons. The summed E-state index contributed by atoms with van der Waals surface area (Å²) in [5, 5.41) is 0. The minimum absolute atomic E-state index is 0.133. The van der Waals surface area contributed by atoms with Crippen LogP contribution in [-0.2, 0) is 24.1 Å². The summed E-state index contributed by atoms with van der Waals surface area (Å²) in [7, 11) is 1.36. The molecule has 3 rings (SSSR count). The van der Waals surface area contributed by atoms with Gasteiger partial charge in [0.2, 0.25) is 0 Å². The molecule has 0 bridgehead atoms. The average molecular weight is 414 g/mol. The number of rotatable bonds is 8. The summed E-state index contributed by atoms with van der Waals surface area (Å²) in [6.07, 6.45) is 5.76. The molecule has 0 spiro atoms. The lowest BCUT2D eigenvalue weighted by Gasteiger charge is -2.21. The van der Waals surface area contributed by atoms with Crippen molar-refractivity contribution in [3.8, 4) is 5.75 Å². The molecule has 0 aromatic carbocycles. The fourth-order valence-corrected chi connectivity index (χ4v) is 3.93. The zero-order valence-corrected chi connectivity index (χ0v) is 18.1. The summed E-state index contributed by atoms with van der Waals surface area (Å²) < 4.78 is 12.7. The molecule has 2 aromatic rings. The van der Waals surface area contributed by atoms with Gasteiger partial charge in [-0.2, -0.15) is 0 Å². The number of methoxy groups -OCH3 is 1. The molecule has 0 N–H and O–H groups in total. The summed E-state index contributed by atoms with van der Waals surface area (Å²) >= 11 is 0. The number of nitrogens with zero attached hydrogens (tertiary/aromatic N) is 3. The van der Waals surface area contributed by atoms with Crippen LogP contribution in [0.25, 0.3) is 0 Å². The molecule has 0 aliphatic carbocycles. The van der Waals surface area contributed by atoms with Crippen LogP contribution in [0.1, 0.15) is 41.9 Å². The van der Waals surface area contributed by atoms with Gasteiger partial charge in [0.25, 0.3) is 5.56 Å². The molecule has 1 aliphatic heterocycles. The van der Waals surface area contributed by atoms with Crippen LogP contribution in [0.3, 0.4) is 0 Å². The number of ether oxygens (including phenoxy) is 2. The highest BCUT2D eigenvalue weighted by atomic mass is 16.5. The molecule has 0 saturated heterocycles. The van der Waals surface area contributed by atoms with Gasteiger partial charge in [-0.15, -0.1) is 0 Å². The van der Waals surface area contributed by atoms with E-state index in [-0.39, 0.29) is 5.56 Å². The van der Waals surface area contributed by atoms with Gasteiger partial charge in [0.1, 0.15) is 11.3 Å². The zero-order chi connectivity index (χ0) is 21.5. The maximum absolute atomic E-state index is 12.8. The van der Waals surface area contributed by atoms with Gasteiger partial charge in [-0.05, 0) is 30.4 Å². The number of esters is 1. The molecule has 0 fully saturated rings. The van der Waals surface area contributed by atoms with Crippen molar-refractivity contribution >= 4 is 5.97 Å². The van der Waals surface area contributed by atoms with E-state index in [1.54, 1.807) is 10.8 Å². The predicted octanol–water partition coefficient (Wildman–Crippen LogP) is 2.56. The van der Waals surface area contributed by atoms with Crippen molar-refractivity contribution in [2.75, 3.05) is 33.4 Å². The number of fused-ring (bicyclic) bond motifs is 1. The van der Waals surface area contributed by atoms with Crippen LogP contribution in [0.4, 0.5) is 0 Å². The predicted molar refractivity (Wildman–Crippen MR) is 115 cm³/mol. The number of pyridine rings is 2. The Kier molecular flexibility index (Phi) is 7.63. The average Bonchev–Trinajstić information content (AvgIpc) is 2.94. The van der Waals surface area contributed by atoms with E-state index >= 15 is 0 Å². The largest absolute Gasteiger partial charge is 0.492 e. The number of carbonyl (C=O) groups excluding carboxylic acids is 1. The van der Waals surface area contributed by atoms with Crippen LogP contribution in [0, 0.1) is 5.92 Å². The normalized spacial score (nSPS) is 14.3. The molecule has 7 heteroatoms. The third-order valence-corrected chi connectivity index (χ3v) is 5.29. The summed E-state index contributed by atoms with van der Waals surface area (Å²) in [6.45, 7) is 7.88. The van der Waals surface area contributed by atoms with Crippen LogP contribution in [0.15, 0.2) is 35.4 Å². The van der Waals surface area contributed by atoms with E-state index < -0.39 is 5.97 Å². The van der Waals surface area contributed by atoms with Crippen LogP contribution >= 0.6 is 0 Å². The second-order valence-corrected chi connectivity index (χ2v) is 8.07. The minimum atomic E-state index is -0.460. The van der Waals surface area contributed by atoms with Gasteiger partial charge in [-0.3, -0.25) is 9.78 Å². The maximum Gasteiger partial charge on any atom is 0.343 e. The summed E-state index contributed by atoms with van der Waals surface area (Å²) in [6, 6.07) is 5.35. The van der Waals surface area contributed by atoms with Crippen molar-refractivity contribution in [1.82, 2.24) is 14.5 Å². The lowest BCUT2D eigenvalue weighted by atomic mass is 10.1. The van der Waals surface area contributed by atoms with Gasteiger partial charge in [0.15, 0.2) is 0 Å². The summed E-state index contributed by atoms with van der Waals surface area (Å²) in [4.78, 5) is 31.8. The van der Waals surface area contributed by atoms with Crippen LogP contribution in [-0.4, -0.2) is 53.8 Å². The Balaban J connectivity index is 1.79. The van der Waals surface area contributed by atoms with E-state index in [0.29, 0.717) is 42.5 Å². The number of hydrogen-bond donors (Lipinski definition) is 0. The van der Waals surface area contributed by atoms with Crippen molar-refractivity contribution in [1.29, 1.82) is 0 Å². The Morgan fingerprint density at radius 2 is 2.10 bits per heavy atom. The Hall–Kier alpha value is -2.67. The first-order valence-electron chi connectivity index (χ1n) is 10.6. The van der Waals surface area contributed by atoms with E-state index in [9.17, 15) is 9.59 Å². The van der Waals surface area contributed by atoms with Crippen molar-refractivity contribution in [2.24, 2.45) is 5.92 Å². The molecule has 2 aromatic heterocycles. The van der Waals surface area contributed by atoms with Crippen molar-refractivity contribution in [3.63, 3.8) is 0 Å². The molecule has 30 heavy (non-hydrogen) atoms. The molecule has 0 unspecified atom stereocenters. The molecular weight excluding hydrogens is 382 g/mol. The van der Waals surface area contributed by atoms with E-state index in [1.165, 1.54) is 13.2 Å². The smallest absolute Gasteiger partial charge is 0.343 e. The van der Waals surface area contributed by atoms with E-state index in [0.717, 1.165) is 38.0 Å². The number of aromatic nitrogens is 2. The number of aryl methyl sites for hydroxylation is 1. The highest BCUT2D eigenvalue weighted by molar-refractivity contribution is 5.93. The summed E-state index contributed by atoms with van der Waals surface area (Å²) in [5.41, 5.74) is 2.08. The van der Waals surface area contributed by atoms with E-state index in [4.69, 9.17) is 9.47 Å². The number of carbonyl (C=O) groups is 1. The van der Waals surface area contributed by atoms with Crippen LogP contribution < -0.4 is 10.3 Å². The fourth-order valence-electron chi connectivity index (χ4n) is 3.93. The molecule has 0 atom stereocenters. The Labute approximate surface area is 177 Å². The van der Waals surface area contributed by atoms with E-state index in [2.05, 4.69) is 23.7 Å². The van der Waals surface area contributed by atoms with E-state index in [1.807, 2.05) is 18.3 Å². The number of hydrogen-bond acceptors (Lipinski definition) is 6. The second kappa shape index (κ2) is 10.4. The highest BCUT2D eigenvalue weighted by Gasteiger charge is 2.26. The Morgan fingerprint density at radius 1 is 1.27 bits per heavy atom. The third-order valence-electron chi connectivity index (χ3n) is 5.29. The van der Waals surface area contributed by atoms with Crippen molar-refractivity contribution < 1.29 is 14.3 Å². The van der Waals surface area contributed by atoms with Gasteiger partial charge < -0.3 is 18.9 Å². The summed E-state index contributed by atoms with van der Waals surface area (Å²) in [5.74, 6) is 0.404. The zero-order valence-electron chi connectivity index (χ0n) is 18.1.